The number of hydrogen-bond donors (Lipinski definition) is 3. The van der Waals surface area contributed by atoms with Gasteiger partial charge in [-0.1, -0.05) is 69.3 Å². The number of carboxylic acid groups (broad SMARTS) is 1. The third kappa shape index (κ3) is 9.32. The van der Waals surface area contributed by atoms with E-state index in [2.05, 4.69) is 20.6 Å². The molecule has 4 rings (SSSR count). The lowest BCUT2D eigenvalue weighted by atomic mass is 9.95. The zero-order valence-electron chi connectivity index (χ0n) is 24.7. The van der Waals surface area contributed by atoms with Gasteiger partial charge in [0, 0.05) is 34.8 Å². The molecule has 4 aromatic rings. The third-order valence-electron chi connectivity index (χ3n) is 6.63. The number of aliphatic carboxylic acids is 1. The SMILES string of the molecule is CC(C)(C)c1ccc(C(=O)NC(Cc2ccc(-c3ncc(/C=C/c4ccc(C(F)(F)F)cc4)cn3)cc2)C(=O)NCC(=O)O)s1. The van der Waals surface area contributed by atoms with E-state index >= 15 is 0 Å². The predicted octanol–water partition coefficient (Wildman–Crippen LogP) is 6.23. The summed E-state index contributed by atoms with van der Waals surface area (Å²) in [7, 11) is 0. The third-order valence-corrected chi connectivity index (χ3v) is 8.14. The lowest BCUT2D eigenvalue weighted by molar-refractivity contribution is -0.138. The standard InChI is InChI=1S/C33H31F3N4O4S/c1-32(2,3)27-15-14-26(45-27)31(44)40-25(30(43)39-19-28(41)42)16-21-6-10-23(11-7-21)29-37-17-22(18-38-29)5-4-20-8-12-24(13-9-20)33(34,35)36/h4-15,17-18,25H,16,19H2,1-3H3,(H,39,43)(H,40,44)(H,41,42)/b5-4+. The minimum absolute atomic E-state index is 0.115. The molecule has 45 heavy (non-hydrogen) atoms. The minimum Gasteiger partial charge on any atom is -0.480 e. The number of rotatable bonds is 10. The maximum absolute atomic E-state index is 13.0. The van der Waals surface area contributed by atoms with Gasteiger partial charge in [0.15, 0.2) is 5.82 Å². The first kappa shape index (κ1) is 33.1. The lowest BCUT2D eigenvalue weighted by Crippen LogP contribution is -2.49. The Kier molecular flexibility index (Phi) is 10.2. The molecule has 2 aromatic heterocycles. The maximum Gasteiger partial charge on any atom is 0.416 e. The van der Waals surface area contributed by atoms with Crippen molar-refractivity contribution in [2.75, 3.05) is 6.54 Å². The van der Waals surface area contributed by atoms with Gasteiger partial charge in [0.25, 0.3) is 5.91 Å². The average Bonchev–Trinajstić information content (AvgIpc) is 3.51. The summed E-state index contributed by atoms with van der Waals surface area (Å²) < 4.78 is 38.3. The summed E-state index contributed by atoms with van der Waals surface area (Å²) in [5.74, 6) is -1.81. The van der Waals surface area contributed by atoms with Crippen LogP contribution in [0, 0.1) is 0 Å². The second-order valence-electron chi connectivity index (χ2n) is 11.2. The van der Waals surface area contributed by atoms with Crippen LogP contribution >= 0.6 is 11.3 Å². The fraction of sp³-hybridized carbons (Fsp3) is 0.242. The molecular formula is C33H31F3N4O4S. The molecule has 0 radical (unpaired) electrons. The summed E-state index contributed by atoms with van der Waals surface area (Å²) in [6.45, 7) is 5.53. The van der Waals surface area contributed by atoms with Gasteiger partial charge in [-0.25, -0.2) is 9.97 Å². The second kappa shape index (κ2) is 13.9. The number of amides is 2. The van der Waals surface area contributed by atoms with E-state index in [1.807, 2.05) is 26.8 Å². The van der Waals surface area contributed by atoms with E-state index in [4.69, 9.17) is 5.11 Å². The average molecular weight is 637 g/mol. The molecule has 3 N–H and O–H groups in total. The number of alkyl halides is 3. The summed E-state index contributed by atoms with van der Waals surface area (Å²) in [6, 6.07) is 14.4. The number of thiophene rings is 1. The number of carbonyl (C=O) groups is 3. The van der Waals surface area contributed by atoms with E-state index in [-0.39, 0.29) is 11.8 Å². The summed E-state index contributed by atoms with van der Waals surface area (Å²) in [5.41, 5.74) is 1.81. The number of halogens is 3. The largest absolute Gasteiger partial charge is 0.480 e. The number of benzene rings is 2. The molecule has 0 aliphatic rings. The Morgan fingerprint density at radius 1 is 0.889 bits per heavy atom. The maximum atomic E-state index is 13.0. The Labute approximate surface area is 262 Å². The number of hydrogen-bond acceptors (Lipinski definition) is 6. The molecule has 0 saturated heterocycles. The Morgan fingerprint density at radius 3 is 2.07 bits per heavy atom. The van der Waals surface area contributed by atoms with Gasteiger partial charge in [0.1, 0.15) is 12.6 Å². The van der Waals surface area contributed by atoms with Gasteiger partial charge in [0.05, 0.1) is 10.4 Å². The van der Waals surface area contributed by atoms with Crippen LogP contribution < -0.4 is 10.6 Å². The number of nitrogens with zero attached hydrogens (tertiary/aromatic N) is 2. The number of nitrogens with one attached hydrogen (secondary N) is 2. The van der Waals surface area contributed by atoms with E-state index in [1.165, 1.54) is 23.5 Å². The summed E-state index contributed by atoms with van der Waals surface area (Å²) >= 11 is 1.34. The molecule has 0 saturated carbocycles. The molecule has 0 aliphatic heterocycles. The Morgan fingerprint density at radius 2 is 1.51 bits per heavy atom. The number of aromatic nitrogens is 2. The molecule has 234 valence electrons. The molecule has 0 spiro atoms. The normalized spacial score (nSPS) is 12.6. The molecule has 0 bridgehead atoms. The lowest BCUT2D eigenvalue weighted by Gasteiger charge is -2.18. The van der Waals surface area contributed by atoms with E-state index in [0.29, 0.717) is 33.0 Å². The Balaban J connectivity index is 1.43. The molecule has 1 atom stereocenters. The van der Waals surface area contributed by atoms with E-state index in [1.54, 1.807) is 54.9 Å². The molecule has 0 aliphatic carbocycles. The zero-order chi connectivity index (χ0) is 32.8. The van der Waals surface area contributed by atoms with E-state index in [0.717, 1.165) is 17.0 Å². The van der Waals surface area contributed by atoms with Crippen molar-refractivity contribution in [1.29, 1.82) is 0 Å². The van der Waals surface area contributed by atoms with Crippen molar-refractivity contribution in [1.82, 2.24) is 20.6 Å². The molecule has 2 heterocycles. The molecule has 0 fully saturated rings. The van der Waals surface area contributed by atoms with Crippen molar-refractivity contribution >= 4 is 41.3 Å². The smallest absolute Gasteiger partial charge is 0.416 e. The van der Waals surface area contributed by atoms with Crippen LogP contribution in [0.3, 0.4) is 0 Å². The van der Waals surface area contributed by atoms with Crippen molar-refractivity contribution in [3.8, 4) is 11.4 Å². The molecule has 8 nitrogen and oxygen atoms in total. The first-order valence-corrected chi connectivity index (χ1v) is 14.7. The van der Waals surface area contributed by atoms with Crippen LogP contribution in [0.1, 0.15) is 57.6 Å². The molecule has 2 aromatic carbocycles. The van der Waals surface area contributed by atoms with Crippen molar-refractivity contribution in [3.05, 3.63) is 105 Å². The number of carboxylic acids is 1. The highest BCUT2D eigenvalue weighted by Gasteiger charge is 2.30. The van der Waals surface area contributed by atoms with Gasteiger partial charge in [-0.2, -0.15) is 13.2 Å². The van der Waals surface area contributed by atoms with Gasteiger partial charge < -0.3 is 15.7 Å². The van der Waals surface area contributed by atoms with E-state index < -0.39 is 42.1 Å². The predicted molar refractivity (Wildman–Crippen MR) is 166 cm³/mol. The van der Waals surface area contributed by atoms with Gasteiger partial charge in [-0.15, -0.1) is 11.3 Å². The molecular weight excluding hydrogens is 605 g/mol. The van der Waals surface area contributed by atoms with Gasteiger partial charge in [0.2, 0.25) is 5.91 Å². The monoisotopic (exact) mass is 636 g/mol. The Hall–Kier alpha value is -4.84. The van der Waals surface area contributed by atoms with Crippen molar-refractivity contribution < 1.29 is 32.7 Å². The number of carbonyl (C=O) groups excluding carboxylic acids is 2. The highest BCUT2D eigenvalue weighted by Crippen LogP contribution is 2.30. The fourth-order valence-electron chi connectivity index (χ4n) is 4.16. The summed E-state index contributed by atoms with van der Waals surface area (Å²) in [4.78, 5) is 47.1. The quantitative estimate of drug-likeness (QED) is 0.190. The van der Waals surface area contributed by atoms with E-state index in [9.17, 15) is 27.6 Å². The van der Waals surface area contributed by atoms with Crippen LogP contribution in [0.25, 0.3) is 23.5 Å². The summed E-state index contributed by atoms with van der Waals surface area (Å²) in [5, 5.41) is 14.1. The van der Waals surface area contributed by atoms with Crippen LogP contribution in [0.2, 0.25) is 0 Å². The van der Waals surface area contributed by atoms with Gasteiger partial charge in [-0.05, 0) is 40.8 Å². The van der Waals surface area contributed by atoms with Crippen LogP contribution in [-0.4, -0.2) is 45.4 Å². The first-order chi connectivity index (χ1) is 21.2. The topological polar surface area (TPSA) is 121 Å². The first-order valence-electron chi connectivity index (χ1n) is 13.9. The highest BCUT2D eigenvalue weighted by molar-refractivity contribution is 7.14. The fourth-order valence-corrected chi connectivity index (χ4v) is 5.13. The second-order valence-corrected chi connectivity index (χ2v) is 12.3. The molecule has 2 amide bonds. The van der Waals surface area contributed by atoms with Crippen molar-refractivity contribution in [2.24, 2.45) is 0 Å². The van der Waals surface area contributed by atoms with Crippen molar-refractivity contribution in [3.63, 3.8) is 0 Å². The van der Waals surface area contributed by atoms with Crippen molar-refractivity contribution in [2.45, 2.75) is 44.8 Å². The van der Waals surface area contributed by atoms with Crippen LogP contribution in [0.5, 0.6) is 0 Å². The highest BCUT2D eigenvalue weighted by atomic mass is 32.1. The van der Waals surface area contributed by atoms with Crippen LogP contribution in [0.4, 0.5) is 13.2 Å². The van der Waals surface area contributed by atoms with Crippen LogP contribution in [0.15, 0.2) is 73.1 Å². The summed E-state index contributed by atoms with van der Waals surface area (Å²) in [6.07, 6.45) is 2.26. The zero-order valence-corrected chi connectivity index (χ0v) is 25.5. The molecule has 1 unspecified atom stereocenters. The van der Waals surface area contributed by atoms with Gasteiger partial charge in [-0.3, -0.25) is 14.4 Å². The molecule has 12 heteroatoms. The Bertz CT molecular complexity index is 1680. The van der Waals surface area contributed by atoms with Gasteiger partial charge >= 0.3 is 12.1 Å². The minimum atomic E-state index is -4.39. The van der Waals surface area contributed by atoms with Crippen LogP contribution in [-0.2, 0) is 27.6 Å².